The van der Waals surface area contributed by atoms with Crippen LogP contribution in [0.25, 0.3) is 0 Å². The molecule has 1 fully saturated rings. The van der Waals surface area contributed by atoms with E-state index >= 15 is 0 Å². The van der Waals surface area contributed by atoms with Crippen molar-refractivity contribution >= 4 is 23.4 Å². The Balaban J connectivity index is 2.05. The molecule has 20 heavy (non-hydrogen) atoms. The molecule has 2 aliphatic heterocycles. The smallest absolute Gasteiger partial charge is 0.296 e. The van der Waals surface area contributed by atoms with E-state index in [2.05, 4.69) is 0 Å². The van der Waals surface area contributed by atoms with Crippen LogP contribution in [0.2, 0.25) is 0 Å². The maximum Gasteiger partial charge on any atom is 0.296 e. The van der Waals surface area contributed by atoms with Gasteiger partial charge in [-0.15, -0.1) is 0 Å². The molecule has 0 bridgehead atoms. The average Bonchev–Trinajstić information content (AvgIpc) is 2.46. The number of anilines is 1. The standard InChI is InChI=1S/C12H13NO6S/c14-7-5-19-12(10(16)9(7)15)11(17)13(18)6-3-1-2-4-8(6)20-12/h1-4,7,9-10,14-16,18H,5H2/t7-,9+,10+,12?/m1/s1. The molecule has 1 spiro atoms. The van der Waals surface area contributed by atoms with Crippen molar-refractivity contribution in [2.45, 2.75) is 28.1 Å². The van der Waals surface area contributed by atoms with Gasteiger partial charge >= 0.3 is 0 Å². The summed E-state index contributed by atoms with van der Waals surface area (Å²) in [5, 5.41) is 39.7. The van der Waals surface area contributed by atoms with Crippen molar-refractivity contribution < 1.29 is 30.1 Å². The fraction of sp³-hybridized carbons (Fsp3) is 0.417. The molecular weight excluding hydrogens is 286 g/mol. The first-order valence-electron chi connectivity index (χ1n) is 5.97. The van der Waals surface area contributed by atoms with Gasteiger partial charge in [0, 0.05) is 4.90 Å². The summed E-state index contributed by atoms with van der Waals surface area (Å²) in [7, 11) is 0. The number of fused-ring (bicyclic) bond motifs is 1. The van der Waals surface area contributed by atoms with Crippen LogP contribution in [0, 0.1) is 0 Å². The van der Waals surface area contributed by atoms with Gasteiger partial charge in [0.15, 0.2) is 0 Å². The molecule has 8 heteroatoms. The summed E-state index contributed by atoms with van der Waals surface area (Å²) in [6, 6.07) is 6.58. The molecule has 1 aromatic carbocycles. The minimum atomic E-state index is -1.86. The summed E-state index contributed by atoms with van der Waals surface area (Å²) >= 11 is 0.911. The molecule has 3 rings (SSSR count). The highest BCUT2D eigenvalue weighted by molar-refractivity contribution is 8.01. The molecular formula is C12H13NO6S. The maximum atomic E-state index is 12.3. The predicted molar refractivity (Wildman–Crippen MR) is 68.3 cm³/mol. The first-order valence-corrected chi connectivity index (χ1v) is 6.78. The van der Waals surface area contributed by atoms with Crippen LogP contribution >= 0.6 is 11.8 Å². The number of carbonyl (C=O) groups is 1. The van der Waals surface area contributed by atoms with Crippen molar-refractivity contribution in [3.05, 3.63) is 24.3 Å². The number of amides is 1. The first-order chi connectivity index (χ1) is 9.47. The van der Waals surface area contributed by atoms with Gasteiger partial charge in [-0.25, -0.2) is 0 Å². The van der Waals surface area contributed by atoms with E-state index in [4.69, 9.17) is 4.74 Å². The third-order valence-corrected chi connectivity index (χ3v) is 4.82. The number of thioether (sulfide) groups is 1. The summed E-state index contributed by atoms with van der Waals surface area (Å²) in [5.74, 6) is -0.889. The van der Waals surface area contributed by atoms with Gasteiger partial charge in [-0.1, -0.05) is 23.9 Å². The minimum Gasteiger partial charge on any atom is -0.388 e. The van der Waals surface area contributed by atoms with E-state index in [1.165, 1.54) is 0 Å². The van der Waals surface area contributed by atoms with E-state index in [9.17, 15) is 25.3 Å². The number of aliphatic hydroxyl groups excluding tert-OH is 3. The van der Waals surface area contributed by atoms with Gasteiger partial charge in [-0.3, -0.25) is 10.0 Å². The van der Waals surface area contributed by atoms with Crippen LogP contribution in [0.5, 0.6) is 0 Å². The lowest BCUT2D eigenvalue weighted by atomic mass is 9.98. The summed E-state index contributed by atoms with van der Waals surface area (Å²) < 4.78 is 5.29. The van der Waals surface area contributed by atoms with Crippen molar-refractivity contribution in [1.82, 2.24) is 0 Å². The topological polar surface area (TPSA) is 110 Å². The second-order valence-electron chi connectivity index (χ2n) is 4.67. The molecule has 1 unspecified atom stereocenters. The number of carbonyl (C=O) groups excluding carboxylic acids is 1. The fourth-order valence-electron chi connectivity index (χ4n) is 2.29. The quantitative estimate of drug-likeness (QED) is 0.470. The van der Waals surface area contributed by atoms with Crippen LogP contribution in [-0.2, 0) is 9.53 Å². The number of rotatable bonds is 0. The molecule has 2 heterocycles. The number of hydrogen-bond acceptors (Lipinski definition) is 7. The monoisotopic (exact) mass is 299 g/mol. The molecule has 4 N–H and O–H groups in total. The van der Waals surface area contributed by atoms with E-state index in [1.54, 1.807) is 24.3 Å². The van der Waals surface area contributed by atoms with Crippen LogP contribution < -0.4 is 5.06 Å². The van der Waals surface area contributed by atoms with E-state index in [0.29, 0.717) is 9.96 Å². The van der Waals surface area contributed by atoms with Crippen molar-refractivity contribution in [2.75, 3.05) is 11.7 Å². The van der Waals surface area contributed by atoms with Crippen LogP contribution in [0.1, 0.15) is 0 Å². The average molecular weight is 299 g/mol. The van der Waals surface area contributed by atoms with Crippen LogP contribution in [0.15, 0.2) is 29.2 Å². The normalized spacial score (nSPS) is 37.1. The van der Waals surface area contributed by atoms with Gasteiger partial charge in [0.2, 0.25) is 4.93 Å². The van der Waals surface area contributed by atoms with E-state index in [-0.39, 0.29) is 12.3 Å². The molecule has 2 aliphatic rings. The third kappa shape index (κ3) is 1.77. The van der Waals surface area contributed by atoms with Gasteiger partial charge < -0.3 is 20.1 Å². The zero-order chi connectivity index (χ0) is 14.5. The Bertz CT molecular complexity index is 555. The van der Waals surface area contributed by atoms with Crippen LogP contribution in [0.3, 0.4) is 0 Å². The van der Waals surface area contributed by atoms with Crippen molar-refractivity contribution in [1.29, 1.82) is 0 Å². The first kappa shape index (κ1) is 13.8. The summed E-state index contributed by atoms with van der Waals surface area (Å²) in [4.78, 5) is 11.0. The van der Waals surface area contributed by atoms with Gasteiger partial charge in [-0.2, -0.15) is 5.06 Å². The number of ether oxygens (including phenoxy) is 1. The third-order valence-electron chi connectivity index (χ3n) is 3.42. The largest absolute Gasteiger partial charge is 0.388 e. The number of aliphatic hydroxyl groups is 3. The second-order valence-corrected chi connectivity index (χ2v) is 5.92. The van der Waals surface area contributed by atoms with E-state index in [1.807, 2.05) is 0 Å². The Morgan fingerprint density at radius 2 is 2.00 bits per heavy atom. The van der Waals surface area contributed by atoms with Crippen LogP contribution in [0.4, 0.5) is 5.69 Å². The summed E-state index contributed by atoms with van der Waals surface area (Å²) in [6.07, 6.45) is -4.47. The Morgan fingerprint density at radius 3 is 2.75 bits per heavy atom. The van der Waals surface area contributed by atoms with Crippen molar-refractivity contribution in [2.24, 2.45) is 0 Å². The van der Waals surface area contributed by atoms with E-state index < -0.39 is 29.2 Å². The fourth-order valence-corrected chi connectivity index (χ4v) is 3.58. The SMILES string of the molecule is O=C1N(O)c2ccccc2SC12OC[C@@H](O)[C@H](O)[C@@H]2O. The Kier molecular flexibility index (Phi) is 3.24. The highest BCUT2D eigenvalue weighted by Gasteiger charge is 2.59. The number of benzene rings is 1. The summed E-state index contributed by atoms with van der Waals surface area (Å²) in [6.45, 7) is -0.313. The van der Waals surface area contributed by atoms with Gasteiger partial charge in [0.25, 0.3) is 5.91 Å². The van der Waals surface area contributed by atoms with E-state index in [0.717, 1.165) is 11.8 Å². The highest BCUT2D eigenvalue weighted by Crippen LogP contribution is 2.49. The summed E-state index contributed by atoms with van der Waals surface area (Å²) in [5.41, 5.74) is 0.282. The Labute approximate surface area is 118 Å². The number of nitrogens with zero attached hydrogens (tertiary/aromatic N) is 1. The predicted octanol–water partition coefficient (Wildman–Crippen LogP) is -0.676. The Morgan fingerprint density at radius 1 is 1.30 bits per heavy atom. The maximum absolute atomic E-state index is 12.3. The molecule has 1 aromatic rings. The molecule has 108 valence electrons. The molecule has 4 atom stereocenters. The van der Waals surface area contributed by atoms with Gasteiger partial charge in [0.1, 0.15) is 18.3 Å². The molecule has 0 aliphatic carbocycles. The second kappa shape index (κ2) is 4.69. The van der Waals surface area contributed by atoms with Crippen molar-refractivity contribution in [3.8, 4) is 0 Å². The van der Waals surface area contributed by atoms with Gasteiger partial charge in [0.05, 0.1) is 12.3 Å². The number of hydroxylamine groups is 1. The molecule has 0 radical (unpaired) electrons. The lowest BCUT2D eigenvalue weighted by Gasteiger charge is -2.46. The van der Waals surface area contributed by atoms with Crippen molar-refractivity contribution in [3.63, 3.8) is 0 Å². The highest BCUT2D eigenvalue weighted by atomic mass is 32.2. The zero-order valence-corrected chi connectivity index (χ0v) is 11.0. The Hall–Kier alpha value is -1.16. The molecule has 0 saturated carbocycles. The minimum absolute atomic E-state index is 0.282. The lowest BCUT2D eigenvalue weighted by molar-refractivity contribution is -0.204. The molecule has 1 saturated heterocycles. The molecule has 0 aromatic heterocycles. The lowest BCUT2D eigenvalue weighted by Crippen LogP contribution is -2.66. The molecule has 1 amide bonds. The van der Waals surface area contributed by atoms with Crippen LogP contribution in [-0.4, -0.2) is 56.3 Å². The molecule has 7 nitrogen and oxygen atoms in total. The van der Waals surface area contributed by atoms with Gasteiger partial charge in [-0.05, 0) is 12.1 Å². The number of hydrogen-bond donors (Lipinski definition) is 4. The zero-order valence-electron chi connectivity index (χ0n) is 10.2. The number of para-hydroxylation sites is 1.